The predicted molar refractivity (Wildman–Crippen MR) is 113 cm³/mol. The van der Waals surface area contributed by atoms with Crippen molar-refractivity contribution in [1.82, 2.24) is 0 Å². The summed E-state index contributed by atoms with van der Waals surface area (Å²) in [5, 5.41) is 0. The molecule has 0 fully saturated rings. The molecule has 0 spiro atoms. The summed E-state index contributed by atoms with van der Waals surface area (Å²) in [7, 11) is 1.52. The lowest BCUT2D eigenvalue weighted by Crippen LogP contribution is -2.33. The monoisotopic (exact) mass is 357 g/mol. The molecule has 0 aliphatic rings. The Kier molecular flexibility index (Phi) is 17.1. The van der Waals surface area contributed by atoms with Gasteiger partial charge in [0, 0.05) is 0 Å². The molecule has 1 atom stereocenters. The average molecular weight is 358 g/mol. The maximum Gasteiger partial charge on any atom is 0.0718 e. The minimum absolute atomic E-state index is 0.115. The van der Waals surface area contributed by atoms with Gasteiger partial charge >= 0.3 is 0 Å². The Labute approximate surface area is 154 Å². The number of allylic oxidation sites excluding steroid dienone is 4. The van der Waals surface area contributed by atoms with Crippen LogP contribution in [0.15, 0.2) is 24.3 Å². The molecule has 0 radical (unpaired) electrons. The molecule has 0 aliphatic carbocycles. The predicted octanol–water partition coefficient (Wildman–Crippen LogP) is 7.44. The van der Waals surface area contributed by atoms with E-state index in [1.54, 1.807) is 0 Å². The molecule has 0 saturated carbocycles. The van der Waals surface area contributed by atoms with Crippen LogP contribution in [0.5, 0.6) is 0 Å². The lowest BCUT2D eigenvalue weighted by molar-refractivity contribution is 0.496. The van der Waals surface area contributed by atoms with Crippen molar-refractivity contribution < 1.29 is 0 Å². The fraction of sp³-hybridized carbons (Fsp3) is 0.800. The molecule has 0 aromatic carbocycles. The molecule has 0 saturated heterocycles. The van der Waals surface area contributed by atoms with E-state index in [4.69, 9.17) is 5.73 Å². The Morgan fingerprint density at radius 3 is 1.96 bits per heavy atom. The van der Waals surface area contributed by atoms with E-state index in [0.717, 1.165) is 19.3 Å². The van der Waals surface area contributed by atoms with Gasteiger partial charge in [-0.1, -0.05) is 87.5 Å². The van der Waals surface area contributed by atoms with Gasteiger partial charge in [0.05, 0.1) is 4.87 Å². The number of hydrogen-bond donors (Lipinski definition) is 2. The van der Waals surface area contributed by atoms with Gasteiger partial charge in [-0.05, 0) is 44.9 Å². The Morgan fingerprint density at radius 1 is 0.826 bits per heavy atom. The van der Waals surface area contributed by atoms with Crippen molar-refractivity contribution in [2.24, 2.45) is 5.73 Å². The van der Waals surface area contributed by atoms with Crippen LogP contribution in [0.4, 0.5) is 0 Å². The van der Waals surface area contributed by atoms with E-state index < -0.39 is 0 Å². The van der Waals surface area contributed by atoms with Crippen molar-refractivity contribution in [3.05, 3.63) is 24.3 Å². The van der Waals surface area contributed by atoms with Crippen LogP contribution in [0, 0.1) is 0 Å². The molecular formula is C20H39NS2. The molecule has 23 heavy (non-hydrogen) atoms. The van der Waals surface area contributed by atoms with Crippen molar-refractivity contribution in [2.75, 3.05) is 0 Å². The summed E-state index contributed by atoms with van der Waals surface area (Å²) in [6, 6.07) is 0. The van der Waals surface area contributed by atoms with Crippen molar-refractivity contribution in [3.8, 4) is 0 Å². The SMILES string of the molecule is CCCCCC=CCC=CCCCCCCCC(N)(CC)SS. The van der Waals surface area contributed by atoms with Gasteiger partial charge in [0.2, 0.25) is 0 Å². The average Bonchev–Trinajstić information content (AvgIpc) is 2.58. The summed E-state index contributed by atoms with van der Waals surface area (Å²) in [4.78, 5) is -0.115. The molecule has 3 heteroatoms. The third kappa shape index (κ3) is 15.4. The largest absolute Gasteiger partial charge is 0.316 e. The second-order valence-electron chi connectivity index (χ2n) is 6.49. The highest BCUT2D eigenvalue weighted by atomic mass is 33.1. The van der Waals surface area contributed by atoms with E-state index in [1.165, 1.54) is 75.0 Å². The summed E-state index contributed by atoms with van der Waals surface area (Å²) in [5.41, 5.74) is 6.22. The smallest absolute Gasteiger partial charge is 0.0718 e. The molecule has 0 aromatic heterocycles. The van der Waals surface area contributed by atoms with Crippen molar-refractivity contribution >= 4 is 22.5 Å². The van der Waals surface area contributed by atoms with E-state index in [0.29, 0.717) is 0 Å². The van der Waals surface area contributed by atoms with Crippen LogP contribution in [0.1, 0.15) is 97.3 Å². The van der Waals surface area contributed by atoms with E-state index in [1.807, 2.05) is 0 Å². The van der Waals surface area contributed by atoms with Crippen molar-refractivity contribution in [2.45, 2.75) is 102 Å². The number of thiol groups is 1. The first-order chi connectivity index (χ1) is 11.2. The number of unbranched alkanes of at least 4 members (excludes halogenated alkanes) is 8. The molecule has 0 rings (SSSR count). The minimum atomic E-state index is -0.115. The van der Waals surface area contributed by atoms with E-state index in [-0.39, 0.29) is 4.87 Å². The first-order valence-electron chi connectivity index (χ1n) is 9.60. The molecule has 2 N–H and O–H groups in total. The number of rotatable bonds is 16. The van der Waals surface area contributed by atoms with E-state index in [9.17, 15) is 0 Å². The maximum atomic E-state index is 6.22. The van der Waals surface area contributed by atoms with E-state index in [2.05, 4.69) is 49.8 Å². The number of hydrogen-bond acceptors (Lipinski definition) is 3. The van der Waals surface area contributed by atoms with Gasteiger partial charge in [0.1, 0.15) is 0 Å². The zero-order chi connectivity index (χ0) is 17.2. The fourth-order valence-electron chi connectivity index (χ4n) is 2.52. The van der Waals surface area contributed by atoms with Gasteiger partial charge < -0.3 is 5.73 Å². The van der Waals surface area contributed by atoms with Gasteiger partial charge in [-0.25, -0.2) is 0 Å². The van der Waals surface area contributed by atoms with Gasteiger partial charge in [-0.3, -0.25) is 0 Å². The van der Waals surface area contributed by atoms with Crippen LogP contribution < -0.4 is 5.73 Å². The van der Waals surface area contributed by atoms with Gasteiger partial charge in [-0.2, -0.15) is 0 Å². The van der Waals surface area contributed by atoms with E-state index >= 15 is 0 Å². The quantitative estimate of drug-likeness (QED) is 0.0986. The van der Waals surface area contributed by atoms with Gasteiger partial charge in [0.25, 0.3) is 0 Å². The van der Waals surface area contributed by atoms with Gasteiger partial charge in [-0.15, -0.1) is 11.7 Å². The molecule has 0 bridgehead atoms. The molecule has 0 aromatic rings. The second-order valence-corrected chi connectivity index (χ2v) is 8.03. The highest BCUT2D eigenvalue weighted by Crippen LogP contribution is 2.31. The highest BCUT2D eigenvalue weighted by molar-refractivity contribution is 8.69. The number of nitrogens with two attached hydrogens (primary N) is 1. The fourth-order valence-corrected chi connectivity index (χ4v) is 3.55. The molecule has 1 unspecified atom stereocenters. The standard InChI is InChI=1S/C20H39NS2/c1-3-5-6-7-8-9-10-11-12-13-14-15-16-17-18-19-20(21,4-2)23-22/h8-9,11-12,22H,3-7,10,13-19,21H2,1-2H3. The molecule has 0 amide bonds. The summed E-state index contributed by atoms with van der Waals surface area (Å²) in [5.74, 6) is 0. The summed E-state index contributed by atoms with van der Waals surface area (Å²) >= 11 is 4.29. The summed E-state index contributed by atoms with van der Waals surface area (Å²) in [6.45, 7) is 4.40. The van der Waals surface area contributed by atoms with Gasteiger partial charge in [0.15, 0.2) is 0 Å². The van der Waals surface area contributed by atoms with Crippen LogP contribution >= 0.6 is 22.5 Å². The first-order valence-corrected chi connectivity index (χ1v) is 11.5. The van der Waals surface area contributed by atoms with Crippen LogP contribution in [0.25, 0.3) is 0 Å². The molecule has 0 aliphatic heterocycles. The van der Waals surface area contributed by atoms with Crippen LogP contribution in [0.2, 0.25) is 0 Å². The second kappa shape index (κ2) is 17.0. The van der Waals surface area contributed by atoms with Crippen molar-refractivity contribution in [3.63, 3.8) is 0 Å². The third-order valence-electron chi connectivity index (χ3n) is 4.33. The topological polar surface area (TPSA) is 26.0 Å². The third-order valence-corrected chi connectivity index (χ3v) is 6.28. The Morgan fingerprint density at radius 2 is 1.39 bits per heavy atom. The molecule has 136 valence electrons. The van der Waals surface area contributed by atoms with Crippen molar-refractivity contribution in [1.29, 1.82) is 0 Å². The highest BCUT2D eigenvalue weighted by Gasteiger charge is 2.20. The lowest BCUT2D eigenvalue weighted by Gasteiger charge is -2.24. The van der Waals surface area contributed by atoms with Crippen LogP contribution in [-0.2, 0) is 0 Å². The first kappa shape index (κ1) is 23.1. The molecule has 0 heterocycles. The Hall–Kier alpha value is 0.140. The normalized spacial score (nSPS) is 14.8. The summed E-state index contributed by atoms with van der Waals surface area (Å²) in [6.07, 6.45) is 25.5. The van der Waals surface area contributed by atoms with Crippen LogP contribution in [-0.4, -0.2) is 4.87 Å². The minimum Gasteiger partial charge on any atom is -0.316 e. The maximum absolute atomic E-state index is 6.22. The Balaban J connectivity index is 3.34. The molecular weight excluding hydrogens is 318 g/mol. The lowest BCUT2D eigenvalue weighted by atomic mass is 10.0. The van der Waals surface area contributed by atoms with Crippen LogP contribution in [0.3, 0.4) is 0 Å². The summed E-state index contributed by atoms with van der Waals surface area (Å²) < 4.78 is 0. The zero-order valence-electron chi connectivity index (χ0n) is 15.4. The molecule has 1 nitrogen and oxygen atoms in total. The zero-order valence-corrected chi connectivity index (χ0v) is 17.1. The Bertz CT molecular complexity index is 296.